The van der Waals surface area contributed by atoms with Crippen LogP contribution in [0.2, 0.25) is 0 Å². The summed E-state index contributed by atoms with van der Waals surface area (Å²) in [5, 5.41) is 13.0. The molecule has 0 spiro atoms. The molecule has 0 radical (unpaired) electrons. The maximum atomic E-state index is 2.45. The van der Waals surface area contributed by atoms with E-state index in [2.05, 4.69) is 254 Å². The topological polar surface area (TPSA) is 6.48 Å². The van der Waals surface area contributed by atoms with Crippen molar-refractivity contribution in [3.05, 3.63) is 242 Å². The highest BCUT2D eigenvalue weighted by atomic mass is 15.1. The lowest BCUT2D eigenvalue weighted by atomic mass is 9.83. The molecule has 12 aromatic rings. The number of aryl methyl sites for hydroxylation is 2. The van der Waals surface area contributed by atoms with Gasteiger partial charge in [0.15, 0.2) is 0 Å². The Morgan fingerprint density at radius 1 is 0.273 bits per heavy atom. The van der Waals surface area contributed by atoms with Crippen LogP contribution in [0.4, 0.5) is 34.1 Å². The fraction of sp³-hybridized carbons (Fsp3) is 0.0625. The predicted octanol–water partition coefficient (Wildman–Crippen LogP) is 18.3. The summed E-state index contributed by atoms with van der Waals surface area (Å²) in [6, 6.07) is 85.0. The molecular weight excluding hydrogens is 797 g/mol. The van der Waals surface area contributed by atoms with Gasteiger partial charge in [0, 0.05) is 34.1 Å². The lowest BCUT2D eigenvalue weighted by Crippen LogP contribution is -2.09. The molecule has 0 heterocycles. The summed E-state index contributed by atoms with van der Waals surface area (Å²) in [5.41, 5.74) is 14.5. The minimum absolute atomic E-state index is 0.951. The minimum Gasteiger partial charge on any atom is -0.310 e. The van der Waals surface area contributed by atoms with Gasteiger partial charge >= 0.3 is 0 Å². The van der Waals surface area contributed by atoms with Gasteiger partial charge in [-0.25, -0.2) is 0 Å². The second kappa shape index (κ2) is 16.4. The van der Waals surface area contributed by atoms with Crippen LogP contribution in [-0.2, 0) is 12.8 Å². The fourth-order valence-corrected chi connectivity index (χ4v) is 10.5. The van der Waals surface area contributed by atoms with Gasteiger partial charge in [0.2, 0.25) is 0 Å². The molecule has 12 rings (SSSR count). The van der Waals surface area contributed by atoms with Crippen LogP contribution in [0.3, 0.4) is 0 Å². The zero-order chi connectivity index (χ0) is 44.1. The van der Waals surface area contributed by atoms with Gasteiger partial charge < -0.3 is 9.80 Å². The number of hydrogen-bond donors (Lipinski definition) is 0. The van der Waals surface area contributed by atoms with E-state index < -0.39 is 0 Å². The number of hydrogen-bond acceptors (Lipinski definition) is 2. The van der Waals surface area contributed by atoms with Crippen LogP contribution in [0.15, 0.2) is 231 Å². The molecule has 2 nitrogen and oxygen atoms in total. The zero-order valence-electron chi connectivity index (χ0n) is 37.2. The van der Waals surface area contributed by atoms with E-state index in [0.717, 1.165) is 47.0 Å². The van der Waals surface area contributed by atoms with E-state index in [0.29, 0.717) is 0 Å². The van der Waals surface area contributed by atoms with E-state index in [-0.39, 0.29) is 0 Å². The molecule has 12 aromatic carbocycles. The van der Waals surface area contributed by atoms with Crippen molar-refractivity contribution in [3.8, 4) is 22.3 Å². The van der Waals surface area contributed by atoms with Gasteiger partial charge in [-0.2, -0.15) is 0 Å². The van der Waals surface area contributed by atoms with Crippen LogP contribution < -0.4 is 9.80 Å². The molecule has 0 bridgehead atoms. The van der Waals surface area contributed by atoms with Crippen LogP contribution in [0.1, 0.15) is 25.0 Å². The Balaban J connectivity index is 0.974. The van der Waals surface area contributed by atoms with Crippen molar-refractivity contribution in [3.63, 3.8) is 0 Å². The largest absolute Gasteiger partial charge is 0.310 e. The van der Waals surface area contributed by atoms with Gasteiger partial charge in [0.05, 0.1) is 0 Å². The van der Waals surface area contributed by atoms with E-state index in [1.807, 2.05) is 0 Å². The number of anilines is 6. The highest BCUT2D eigenvalue weighted by molar-refractivity contribution is 6.29. The lowest BCUT2D eigenvalue weighted by molar-refractivity contribution is 1.16. The van der Waals surface area contributed by atoms with Crippen LogP contribution in [0, 0.1) is 0 Å². The molecule has 0 saturated heterocycles. The number of para-hydroxylation sites is 2. The molecule has 0 aliphatic heterocycles. The lowest BCUT2D eigenvalue weighted by Gasteiger charge is -2.26. The van der Waals surface area contributed by atoms with E-state index in [9.17, 15) is 0 Å². The molecule has 0 saturated carbocycles. The van der Waals surface area contributed by atoms with Crippen LogP contribution in [-0.4, -0.2) is 0 Å². The summed E-state index contributed by atoms with van der Waals surface area (Å²) in [7, 11) is 0. The van der Waals surface area contributed by atoms with Crippen LogP contribution in [0.5, 0.6) is 0 Å². The van der Waals surface area contributed by atoms with Crippen molar-refractivity contribution in [2.24, 2.45) is 0 Å². The third-order valence-electron chi connectivity index (χ3n) is 13.7. The SMILES string of the molecule is CCc1cc(-c2ccc(N(c3ccccc3)c3ccc4ccccc4c3)cc2)c2ccc3c(CC)cc(-c4ccc(N(c5ccccc5)c5ccc6ccccc6c5)cc4)c4ccc1c2c34. The van der Waals surface area contributed by atoms with Crippen molar-refractivity contribution in [1.29, 1.82) is 0 Å². The number of nitrogens with zero attached hydrogens (tertiary/aromatic N) is 2. The zero-order valence-corrected chi connectivity index (χ0v) is 37.2. The Morgan fingerprint density at radius 2 is 0.606 bits per heavy atom. The normalized spacial score (nSPS) is 11.6. The van der Waals surface area contributed by atoms with E-state index >= 15 is 0 Å². The molecule has 0 amide bonds. The molecule has 0 aromatic heterocycles. The summed E-state index contributed by atoms with van der Waals surface area (Å²) in [5.74, 6) is 0. The van der Waals surface area contributed by atoms with Crippen molar-refractivity contribution in [2.75, 3.05) is 9.80 Å². The molecule has 0 atom stereocenters. The second-order valence-corrected chi connectivity index (χ2v) is 17.4. The predicted molar refractivity (Wildman–Crippen MR) is 284 cm³/mol. The van der Waals surface area contributed by atoms with Gasteiger partial charge in [-0.1, -0.05) is 159 Å². The number of rotatable bonds is 10. The van der Waals surface area contributed by atoms with Crippen LogP contribution >= 0.6 is 0 Å². The Bertz CT molecular complexity index is 3460. The number of fused-ring (bicyclic) bond motifs is 2. The van der Waals surface area contributed by atoms with E-state index in [1.165, 1.54) is 87.2 Å². The van der Waals surface area contributed by atoms with Gasteiger partial charge in [0.1, 0.15) is 0 Å². The summed E-state index contributed by atoms with van der Waals surface area (Å²) in [4.78, 5) is 4.72. The molecule has 0 N–H and O–H groups in total. The number of benzene rings is 12. The quantitative estimate of drug-likeness (QED) is 0.127. The van der Waals surface area contributed by atoms with Crippen molar-refractivity contribution >= 4 is 88.0 Å². The summed E-state index contributed by atoms with van der Waals surface area (Å²) < 4.78 is 0. The van der Waals surface area contributed by atoms with Crippen LogP contribution in [0.25, 0.3) is 76.1 Å². The molecule has 0 unspecified atom stereocenters. The second-order valence-electron chi connectivity index (χ2n) is 17.4. The first-order chi connectivity index (χ1) is 32.6. The minimum atomic E-state index is 0.951. The summed E-state index contributed by atoms with van der Waals surface area (Å²) >= 11 is 0. The van der Waals surface area contributed by atoms with Gasteiger partial charge in [0.25, 0.3) is 0 Å². The highest BCUT2D eigenvalue weighted by Gasteiger charge is 2.21. The van der Waals surface area contributed by atoms with Gasteiger partial charge in [-0.05, 0) is 185 Å². The Labute approximate surface area is 386 Å². The Hall–Kier alpha value is -8.20. The Kier molecular flexibility index (Phi) is 9.80. The maximum Gasteiger partial charge on any atom is 0.0468 e. The van der Waals surface area contributed by atoms with Crippen molar-refractivity contribution in [2.45, 2.75) is 26.7 Å². The molecule has 66 heavy (non-hydrogen) atoms. The van der Waals surface area contributed by atoms with E-state index in [1.54, 1.807) is 0 Å². The third kappa shape index (κ3) is 6.73. The maximum absolute atomic E-state index is 2.45. The average Bonchev–Trinajstić information content (AvgIpc) is 3.39. The third-order valence-corrected chi connectivity index (χ3v) is 13.7. The monoisotopic (exact) mass is 844 g/mol. The average molecular weight is 845 g/mol. The van der Waals surface area contributed by atoms with Crippen molar-refractivity contribution < 1.29 is 0 Å². The molecule has 0 fully saturated rings. The molecular formula is C64H48N2. The van der Waals surface area contributed by atoms with Gasteiger partial charge in [-0.3, -0.25) is 0 Å². The molecule has 2 heteroatoms. The summed E-state index contributed by atoms with van der Waals surface area (Å²) in [6.45, 7) is 4.59. The first kappa shape index (κ1) is 39.4. The standard InChI is InChI=1S/C64H48N2/c1-3-43-41-61(47-25-29-53(30-26-47)65(51-19-7-5-8-20-51)55-33-23-45-15-11-13-17-49(45)39-55)59-38-36-58-44(4-2)42-62(60-37-35-57(43)63(59)64(58)60)48-27-31-54(32-28-48)66(52-21-9-6-10-22-52)56-34-24-46-16-12-14-18-50(46)40-56/h5-42H,3-4H2,1-2H3. The molecule has 0 aliphatic rings. The highest BCUT2D eigenvalue weighted by Crippen LogP contribution is 2.47. The van der Waals surface area contributed by atoms with Gasteiger partial charge in [-0.15, -0.1) is 0 Å². The Morgan fingerprint density at radius 3 is 1.00 bits per heavy atom. The summed E-state index contributed by atoms with van der Waals surface area (Å²) in [6.07, 6.45) is 1.90. The molecule has 0 aliphatic carbocycles. The van der Waals surface area contributed by atoms with Crippen molar-refractivity contribution in [1.82, 2.24) is 0 Å². The molecule has 314 valence electrons. The first-order valence-corrected chi connectivity index (χ1v) is 23.3. The smallest absolute Gasteiger partial charge is 0.0468 e. The first-order valence-electron chi connectivity index (χ1n) is 23.3. The van der Waals surface area contributed by atoms with E-state index in [4.69, 9.17) is 0 Å². The fourth-order valence-electron chi connectivity index (χ4n) is 10.5.